The van der Waals surface area contributed by atoms with E-state index >= 15 is 0 Å². The highest BCUT2D eigenvalue weighted by Crippen LogP contribution is 2.16. The van der Waals surface area contributed by atoms with E-state index in [1.165, 1.54) is 12.1 Å². The first kappa shape index (κ1) is 15.3. The van der Waals surface area contributed by atoms with Crippen molar-refractivity contribution in [2.24, 2.45) is 10.9 Å². The van der Waals surface area contributed by atoms with Crippen LogP contribution < -0.4 is 10.5 Å². The van der Waals surface area contributed by atoms with Crippen LogP contribution in [0.15, 0.2) is 34.3 Å². The minimum Gasteiger partial charge on any atom is -0.494 e. The Kier molecular flexibility index (Phi) is 5.62. The van der Waals surface area contributed by atoms with Gasteiger partial charge < -0.3 is 15.7 Å². The Morgan fingerprint density at radius 3 is 2.47 bits per heavy atom. The SMILES string of the molecule is CS(=O)(=O)c1ccc(OCCCC/C(N)=N/O)cc1. The highest BCUT2D eigenvalue weighted by atomic mass is 32.2. The molecule has 0 saturated heterocycles. The number of sulfone groups is 1. The second-order valence-electron chi connectivity index (χ2n) is 4.14. The number of nitrogens with two attached hydrogens (primary N) is 1. The Labute approximate surface area is 112 Å². The van der Waals surface area contributed by atoms with Crippen LogP contribution in [0.4, 0.5) is 0 Å². The number of oxime groups is 1. The summed E-state index contributed by atoms with van der Waals surface area (Å²) >= 11 is 0. The maximum Gasteiger partial charge on any atom is 0.175 e. The molecule has 1 aromatic rings. The number of unbranched alkanes of at least 4 members (excludes halogenated alkanes) is 1. The van der Waals surface area contributed by atoms with Crippen LogP contribution in [0.2, 0.25) is 0 Å². The molecule has 0 spiro atoms. The number of benzene rings is 1. The summed E-state index contributed by atoms with van der Waals surface area (Å²) in [6.07, 6.45) is 3.21. The molecule has 0 bridgehead atoms. The molecule has 7 heteroatoms. The highest BCUT2D eigenvalue weighted by molar-refractivity contribution is 7.90. The minimum absolute atomic E-state index is 0.206. The number of hydrogen-bond acceptors (Lipinski definition) is 5. The molecule has 6 nitrogen and oxygen atoms in total. The summed E-state index contributed by atoms with van der Waals surface area (Å²) in [5.74, 6) is 0.828. The van der Waals surface area contributed by atoms with Gasteiger partial charge in [0.1, 0.15) is 11.6 Å². The second kappa shape index (κ2) is 6.98. The van der Waals surface area contributed by atoms with E-state index in [-0.39, 0.29) is 10.7 Å². The summed E-state index contributed by atoms with van der Waals surface area (Å²) in [5.41, 5.74) is 5.33. The lowest BCUT2D eigenvalue weighted by Crippen LogP contribution is -2.11. The largest absolute Gasteiger partial charge is 0.494 e. The van der Waals surface area contributed by atoms with E-state index in [0.29, 0.717) is 18.8 Å². The summed E-state index contributed by atoms with van der Waals surface area (Å²) in [5, 5.41) is 11.2. The maximum atomic E-state index is 11.3. The van der Waals surface area contributed by atoms with Crippen LogP contribution in [0.5, 0.6) is 5.75 Å². The van der Waals surface area contributed by atoms with Gasteiger partial charge in [-0.3, -0.25) is 0 Å². The minimum atomic E-state index is -3.17. The fourth-order valence-electron chi connectivity index (χ4n) is 1.43. The average molecular weight is 286 g/mol. The quantitative estimate of drug-likeness (QED) is 0.259. The van der Waals surface area contributed by atoms with Crippen molar-refractivity contribution in [1.82, 2.24) is 0 Å². The highest BCUT2D eigenvalue weighted by Gasteiger charge is 2.06. The molecule has 0 fully saturated rings. The molecule has 0 radical (unpaired) electrons. The van der Waals surface area contributed by atoms with E-state index in [2.05, 4.69) is 5.16 Å². The monoisotopic (exact) mass is 286 g/mol. The van der Waals surface area contributed by atoms with Crippen molar-refractivity contribution < 1.29 is 18.4 Å². The Morgan fingerprint density at radius 1 is 1.32 bits per heavy atom. The van der Waals surface area contributed by atoms with Crippen LogP contribution in [0, 0.1) is 0 Å². The summed E-state index contributed by atoms with van der Waals surface area (Å²) in [6, 6.07) is 6.28. The molecule has 3 N–H and O–H groups in total. The fraction of sp³-hybridized carbons (Fsp3) is 0.417. The summed E-state index contributed by atoms with van der Waals surface area (Å²) in [7, 11) is -3.17. The molecule has 0 aliphatic rings. The standard InChI is InChI=1S/C12H18N2O4S/c1-19(16,17)11-7-5-10(6-8-11)18-9-3-2-4-12(13)14-15/h5-8,15H,2-4,9H2,1H3,(H2,13,14). The van der Waals surface area contributed by atoms with Gasteiger partial charge in [0.25, 0.3) is 0 Å². The van der Waals surface area contributed by atoms with Crippen LogP contribution in [-0.2, 0) is 9.84 Å². The topological polar surface area (TPSA) is 102 Å². The van der Waals surface area contributed by atoms with Gasteiger partial charge in [0.05, 0.1) is 11.5 Å². The third-order valence-electron chi connectivity index (χ3n) is 2.48. The molecule has 0 aliphatic heterocycles. The Balaban J connectivity index is 2.35. The van der Waals surface area contributed by atoms with Crippen LogP contribution in [0.1, 0.15) is 19.3 Å². The molecule has 0 unspecified atom stereocenters. The summed E-state index contributed by atoms with van der Waals surface area (Å²) in [4.78, 5) is 0.270. The predicted molar refractivity (Wildman–Crippen MR) is 72.3 cm³/mol. The number of amidine groups is 1. The lowest BCUT2D eigenvalue weighted by molar-refractivity contribution is 0.304. The van der Waals surface area contributed by atoms with E-state index in [9.17, 15) is 8.42 Å². The van der Waals surface area contributed by atoms with Crippen molar-refractivity contribution >= 4 is 15.7 Å². The van der Waals surface area contributed by atoms with E-state index in [4.69, 9.17) is 15.7 Å². The Bertz CT molecular complexity index is 523. The molecule has 0 atom stereocenters. The summed E-state index contributed by atoms with van der Waals surface area (Å²) in [6.45, 7) is 0.497. The van der Waals surface area contributed by atoms with E-state index < -0.39 is 9.84 Å². The van der Waals surface area contributed by atoms with Crippen LogP contribution in [0.25, 0.3) is 0 Å². The third kappa shape index (κ3) is 5.60. The zero-order valence-electron chi connectivity index (χ0n) is 10.7. The fourth-order valence-corrected chi connectivity index (χ4v) is 2.06. The van der Waals surface area contributed by atoms with E-state index in [1.54, 1.807) is 12.1 Å². The van der Waals surface area contributed by atoms with Crippen molar-refractivity contribution in [3.63, 3.8) is 0 Å². The van der Waals surface area contributed by atoms with Crippen molar-refractivity contribution in [3.8, 4) is 5.75 Å². The normalized spacial score (nSPS) is 12.4. The number of ether oxygens (including phenoxy) is 1. The molecular weight excluding hydrogens is 268 g/mol. The molecule has 1 aromatic carbocycles. The van der Waals surface area contributed by atoms with Crippen molar-refractivity contribution in [1.29, 1.82) is 0 Å². The number of nitrogens with zero attached hydrogens (tertiary/aromatic N) is 1. The zero-order valence-corrected chi connectivity index (χ0v) is 11.6. The molecule has 19 heavy (non-hydrogen) atoms. The molecule has 0 aromatic heterocycles. The first-order valence-corrected chi connectivity index (χ1v) is 7.72. The predicted octanol–water partition coefficient (Wildman–Crippen LogP) is 1.39. The molecular formula is C12H18N2O4S. The molecule has 1 rings (SSSR count). The smallest absolute Gasteiger partial charge is 0.175 e. The molecule has 0 aliphatic carbocycles. The van der Waals surface area contributed by atoms with E-state index in [0.717, 1.165) is 19.1 Å². The van der Waals surface area contributed by atoms with Gasteiger partial charge in [-0.25, -0.2) is 8.42 Å². The molecule has 0 heterocycles. The molecule has 0 amide bonds. The average Bonchev–Trinajstić information content (AvgIpc) is 2.37. The van der Waals surface area contributed by atoms with Gasteiger partial charge in [-0.2, -0.15) is 0 Å². The molecule has 106 valence electrons. The summed E-state index contributed by atoms with van der Waals surface area (Å²) < 4.78 is 28.0. The first-order chi connectivity index (χ1) is 8.93. The second-order valence-corrected chi connectivity index (χ2v) is 6.16. The number of hydrogen-bond donors (Lipinski definition) is 2. The van der Waals surface area contributed by atoms with Crippen LogP contribution in [0.3, 0.4) is 0 Å². The Morgan fingerprint density at radius 2 is 1.95 bits per heavy atom. The van der Waals surface area contributed by atoms with Gasteiger partial charge in [-0.15, -0.1) is 0 Å². The van der Waals surface area contributed by atoms with Gasteiger partial charge in [0, 0.05) is 12.7 Å². The maximum absolute atomic E-state index is 11.3. The molecule has 0 saturated carbocycles. The van der Waals surface area contributed by atoms with Gasteiger partial charge in [-0.1, -0.05) is 5.16 Å². The lowest BCUT2D eigenvalue weighted by Gasteiger charge is -2.06. The van der Waals surface area contributed by atoms with Gasteiger partial charge in [-0.05, 0) is 37.1 Å². The lowest BCUT2D eigenvalue weighted by atomic mass is 10.2. The Hall–Kier alpha value is -1.76. The zero-order chi connectivity index (χ0) is 14.3. The van der Waals surface area contributed by atoms with Gasteiger partial charge in [0.15, 0.2) is 9.84 Å². The van der Waals surface area contributed by atoms with Gasteiger partial charge >= 0.3 is 0 Å². The van der Waals surface area contributed by atoms with Crippen molar-refractivity contribution in [2.75, 3.05) is 12.9 Å². The van der Waals surface area contributed by atoms with Crippen LogP contribution >= 0.6 is 0 Å². The third-order valence-corrected chi connectivity index (χ3v) is 3.60. The van der Waals surface area contributed by atoms with Crippen molar-refractivity contribution in [2.45, 2.75) is 24.2 Å². The van der Waals surface area contributed by atoms with E-state index in [1.807, 2.05) is 0 Å². The van der Waals surface area contributed by atoms with Crippen LogP contribution in [-0.4, -0.2) is 32.3 Å². The first-order valence-electron chi connectivity index (χ1n) is 5.83. The van der Waals surface area contributed by atoms with Gasteiger partial charge in [0.2, 0.25) is 0 Å². The van der Waals surface area contributed by atoms with Crippen molar-refractivity contribution in [3.05, 3.63) is 24.3 Å². The number of rotatable bonds is 7.